The molecule has 2 nitrogen and oxygen atoms in total. The van der Waals surface area contributed by atoms with Gasteiger partial charge in [0.05, 0.1) is 0 Å². The van der Waals surface area contributed by atoms with Crippen LogP contribution in [0.15, 0.2) is 12.1 Å². The van der Waals surface area contributed by atoms with Gasteiger partial charge in [0.25, 0.3) is 0 Å². The van der Waals surface area contributed by atoms with Crippen molar-refractivity contribution >= 4 is 0 Å². The molecule has 0 radical (unpaired) electrons. The molecule has 0 aliphatic heterocycles. The molecule has 1 aliphatic carbocycles. The van der Waals surface area contributed by atoms with Crippen LogP contribution in [0.2, 0.25) is 0 Å². The van der Waals surface area contributed by atoms with Crippen molar-refractivity contribution in [3.63, 3.8) is 0 Å². The molecule has 1 aromatic rings. The van der Waals surface area contributed by atoms with Gasteiger partial charge in [-0.05, 0) is 51.2 Å². The van der Waals surface area contributed by atoms with Crippen molar-refractivity contribution in [2.45, 2.75) is 45.1 Å². The van der Waals surface area contributed by atoms with Gasteiger partial charge in [0.2, 0.25) is 0 Å². The first-order chi connectivity index (χ1) is 6.59. The molecule has 0 amide bonds. The van der Waals surface area contributed by atoms with E-state index in [9.17, 15) is 0 Å². The van der Waals surface area contributed by atoms with E-state index >= 15 is 0 Å². The number of pyridine rings is 1. The predicted molar refractivity (Wildman–Crippen MR) is 58.2 cm³/mol. The third-order valence-electron chi connectivity index (χ3n) is 3.09. The summed E-state index contributed by atoms with van der Waals surface area (Å²) in [5, 5.41) is 0. The molecule has 1 aliphatic rings. The van der Waals surface area contributed by atoms with E-state index in [2.05, 4.69) is 24.0 Å². The van der Waals surface area contributed by atoms with Crippen LogP contribution in [0.3, 0.4) is 0 Å². The third-order valence-corrected chi connectivity index (χ3v) is 3.09. The van der Waals surface area contributed by atoms with Gasteiger partial charge in [0.15, 0.2) is 0 Å². The van der Waals surface area contributed by atoms with E-state index in [-0.39, 0.29) is 5.54 Å². The minimum atomic E-state index is 0.151. The van der Waals surface area contributed by atoms with Crippen LogP contribution in [0.25, 0.3) is 0 Å². The quantitative estimate of drug-likeness (QED) is 0.793. The van der Waals surface area contributed by atoms with Crippen molar-refractivity contribution in [2.24, 2.45) is 5.73 Å². The van der Waals surface area contributed by atoms with Crippen molar-refractivity contribution in [3.8, 4) is 0 Å². The molecule has 0 aromatic carbocycles. The zero-order chi connectivity index (χ0) is 10.2. The molecule has 1 heterocycles. The van der Waals surface area contributed by atoms with Crippen molar-refractivity contribution in [1.29, 1.82) is 0 Å². The van der Waals surface area contributed by atoms with E-state index in [1.165, 1.54) is 24.1 Å². The molecule has 1 saturated carbocycles. The molecule has 1 fully saturated rings. The van der Waals surface area contributed by atoms with Crippen LogP contribution in [0.5, 0.6) is 0 Å². The van der Waals surface area contributed by atoms with Crippen LogP contribution in [-0.4, -0.2) is 10.5 Å². The summed E-state index contributed by atoms with van der Waals surface area (Å²) < 4.78 is 0. The molecule has 0 spiro atoms. The molecule has 0 bridgehead atoms. The molecular formula is C12H18N2. The van der Waals surface area contributed by atoms with E-state index in [1.54, 1.807) is 0 Å². The normalized spacial score (nSPS) is 18.2. The molecule has 2 rings (SSSR count). The first-order valence-electron chi connectivity index (χ1n) is 5.31. The van der Waals surface area contributed by atoms with E-state index < -0.39 is 0 Å². The van der Waals surface area contributed by atoms with E-state index in [1.807, 2.05) is 6.92 Å². The number of hydrogen-bond donors (Lipinski definition) is 1. The van der Waals surface area contributed by atoms with Crippen molar-refractivity contribution in [3.05, 3.63) is 29.1 Å². The highest BCUT2D eigenvalue weighted by molar-refractivity contribution is 5.22. The van der Waals surface area contributed by atoms with Crippen LogP contribution in [-0.2, 0) is 6.42 Å². The summed E-state index contributed by atoms with van der Waals surface area (Å²) in [6.45, 7) is 4.16. The lowest BCUT2D eigenvalue weighted by Crippen LogP contribution is -2.22. The lowest BCUT2D eigenvalue weighted by atomic mass is 10.1. The first-order valence-corrected chi connectivity index (χ1v) is 5.31. The molecule has 14 heavy (non-hydrogen) atoms. The molecule has 76 valence electrons. The van der Waals surface area contributed by atoms with Crippen LogP contribution in [0.4, 0.5) is 0 Å². The number of aromatic nitrogens is 1. The predicted octanol–water partition coefficient (Wildman–Crippen LogP) is 2.12. The summed E-state index contributed by atoms with van der Waals surface area (Å²) in [5.41, 5.74) is 9.82. The lowest BCUT2D eigenvalue weighted by Gasteiger charge is -2.09. The Balaban J connectivity index is 2.04. The zero-order valence-electron chi connectivity index (χ0n) is 9.01. The molecule has 0 atom stereocenters. The van der Waals surface area contributed by atoms with Gasteiger partial charge in [-0.15, -0.1) is 0 Å². The van der Waals surface area contributed by atoms with Crippen molar-refractivity contribution < 1.29 is 0 Å². The lowest BCUT2D eigenvalue weighted by molar-refractivity contribution is 0.601. The van der Waals surface area contributed by atoms with Crippen LogP contribution < -0.4 is 5.73 Å². The summed E-state index contributed by atoms with van der Waals surface area (Å²) in [6, 6.07) is 4.21. The minimum absolute atomic E-state index is 0.151. The SMILES string of the molecule is Cc1ccc(C)c(CCC2(N)CC2)n1. The van der Waals surface area contributed by atoms with Crippen LogP contribution in [0, 0.1) is 13.8 Å². The molecule has 0 unspecified atom stereocenters. The third kappa shape index (κ3) is 2.13. The number of rotatable bonds is 3. The molecule has 2 heteroatoms. The molecule has 1 aromatic heterocycles. The second-order valence-corrected chi connectivity index (χ2v) is 4.58. The van der Waals surface area contributed by atoms with E-state index in [0.717, 1.165) is 18.5 Å². The Hall–Kier alpha value is -0.890. The first kappa shape index (κ1) is 9.66. The van der Waals surface area contributed by atoms with Gasteiger partial charge in [-0.2, -0.15) is 0 Å². The largest absolute Gasteiger partial charge is 0.325 e. The van der Waals surface area contributed by atoms with Gasteiger partial charge in [0.1, 0.15) is 0 Å². The summed E-state index contributed by atoms with van der Waals surface area (Å²) in [6.07, 6.45) is 4.50. The maximum atomic E-state index is 6.05. The Kier molecular flexibility index (Phi) is 2.31. The number of nitrogens with zero attached hydrogens (tertiary/aromatic N) is 1. The standard InChI is InChI=1S/C12H18N2/c1-9-3-4-10(2)14-11(9)5-6-12(13)7-8-12/h3-4H,5-8,13H2,1-2H3. The Morgan fingerprint density at radius 3 is 2.71 bits per heavy atom. The van der Waals surface area contributed by atoms with E-state index in [0.29, 0.717) is 0 Å². The van der Waals surface area contributed by atoms with Gasteiger partial charge in [-0.1, -0.05) is 6.07 Å². The highest BCUT2D eigenvalue weighted by Gasteiger charge is 2.37. The zero-order valence-corrected chi connectivity index (χ0v) is 9.01. The second-order valence-electron chi connectivity index (χ2n) is 4.58. The van der Waals surface area contributed by atoms with Crippen LogP contribution in [0.1, 0.15) is 36.2 Å². The Morgan fingerprint density at radius 1 is 1.36 bits per heavy atom. The molecule has 0 saturated heterocycles. The van der Waals surface area contributed by atoms with Gasteiger partial charge < -0.3 is 5.73 Å². The summed E-state index contributed by atoms with van der Waals surface area (Å²) in [7, 11) is 0. The Labute approximate surface area is 85.5 Å². The monoisotopic (exact) mass is 190 g/mol. The maximum Gasteiger partial charge on any atom is 0.0436 e. The van der Waals surface area contributed by atoms with Crippen molar-refractivity contribution in [1.82, 2.24) is 4.98 Å². The molecular weight excluding hydrogens is 172 g/mol. The van der Waals surface area contributed by atoms with Gasteiger partial charge in [-0.25, -0.2) is 0 Å². The fraction of sp³-hybridized carbons (Fsp3) is 0.583. The fourth-order valence-corrected chi connectivity index (χ4v) is 1.71. The fourth-order valence-electron chi connectivity index (χ4n) is 1.71. The Bertz CT molecular complexity index is 340. The van der Waals surface area contributed by atoms with Crippen LogP contribution >= 0.6 is 0 Å². The number of nitrogens with two attached hydrogens (primary N) is 1. The second kappa shape index (κ2) is 3.35. The number of aryl methyl sites for hydroxylation is 3. The van der Waals surface area contributed by atoms with Gasteiger partial charge >= 0.3 is 0 Å². The summed E-state index contributed by atoms with van der Waals surface area (Å²) in [5.74, 6) is 0. The highest BCUT2D eigenvalue weighted by atomic mass is 14.8. The average molecular weight is 190 g/mol. The van der Waals surface area contributed by atoms with E-state index in [4.69, 9.17) is 5.73 Å². The number of hydrogen-bond acceptors (Lipinski definition) is 2. The highest BCUT2D eigenvalue weighted by Crippen LogP contribution is 2.36. The summed E-state index contributed by atoms with van der Waals surface area (Å²) in [4.78, 5) is 4.55. The maximum absolute atomic E-state index is 6.05. The Morgan fingerprint density at radius 2 is 2.07 bits per heavy atom. The summed E-state index contributed by atoms with van der Waals surface area (Å²) >= 11 is 0. The molecule has 2 N–H and O–H groups in total. The topological polar surface area (TPSA) is 38.9 Å². The smallest absolute Gasteiger partial charge is 0.0436 e. The average Bonchev–Trinajstić information content (AvgIpc) is 2.87. The van der Waals surface area contributed by atoms with Gasteiger partial charge in [-0.3, -0.25) is 4.98 Å². The van der Waals surface area contributed by atoms with Gasteiger partial charge in [0, 0.05) is 16.9 Å². The van der Waals surface area contributed by atoms with Crippen molar-refractivity contribution in [2.75, 3.05) is 0 Å². The minimum Gasteiger partial charge on any atom is -0.325 e.